The fourth-order valence-electron chi connectivity index (χ4n) is 22.8. The van der Waals surface area contributed by atoms with Crippen molar-refractivity contribution >= 4 is 0 Å². The van der Waals surface area contributed by atoms with Gasteiger partial charge >= 0.3 is 0 Å². The maximum atomic E-state index is 3.58. The van der Waals surface area contributed by atoms with E-state index in [4.69, 9.17) is 0 Å². The molecule has 0 N–H and O–H groups in total. The first-order chi connectivity index (χ1) is 27.8. The lowest BCUT2D eigenvalue weighted by Gasteiger charge is -2.55. The topological polar surface area (TPSA) is 3.24 Å². The van der Waals surface area contributed by atoms with Crippen LogP contribution in [0, 0.1) is 117 Å². The van der Waals surface area contributed by atoms with Crippen LogP contribution < -0.4 is 0 Å². The van der Waals surface area contributed by atoms with Crippen LogP contribution in [0.15, 0.2) is 0 Å². The van der Waals surface area contributed by atoms with Gasteiger partial charge in [-0.25, -0.2) is 0 Å². The highest BCUT2D eigenvalue weighted by Crippen LogP contribution is 2.69. The van der Waals surface area contributed by atoms with Crippen LogP contribution in [-0.2, 0) is 0 Å². The number of hydrogen-bond acceptors (Lipinski definition) is 1. The first kappa shape index (κ1) is 38.6. The lowest BCUT2D eigenvalue weighted by molar-refractivity contribution is -0.0650. The van der Waals surface area contributed by atoms with E-state index in [1.807, 2.05) is 0 Å². The van der Waals surface area contributed by atoms with E-state index in [-0.39, 0.29) is 0 Å². The summed E-state index contributed by atoms with van der Waals surface area (Å²) < 4.78 is 0. The minimum atomic E-state index is 0.571. The van der Waals surface area contributed by atoms with E-state index < -0.39 is 0 Å². The number of nitrogens with zero attached hydrogens (tertiary/aromatic N) is 1. The van der Waals surface area contributed by atoms with E-state index in [1.165, 1.54) is 25.7 Å². The third-order valence-corrected chi connectivity index (χ3v) is 24.6. The molecule has 0 amide bonds. The van der Waals surface area contributed by atoms with Gasteiger partial charge in [0.25, 0.3) is 0 Å². The van der Waals surface area contributed by atoms with Gasteiger partial charge in [-0.2, -0.15) is 0 Å². The predicted octanol–water partition coefficient (Wildman–Crippen LogP) is 15.0. The zero-order valence-corrected chi connectivity index (χ0v) is 38.1. The molecule has 1 heteroatoms. The van der Waals surface area contributed by atoms with Crippen LogP contribution in [0.5, 0.6) is 0 Å². The van der Waals surface area contributed by atoms with Gasteiger partial charge in [-0.05, 0) is 227 Å². The van der Waals surface area contributed by atoms with Crippen LogP contribution in [-0.4, -0.2) is 23.0 Å². The number of rotatable bonds is 4. The molecule has 12 aliphatic rings. The Morgan fingerprint density at radius 1 is 0.298 bits per heavy atom. The summed E-state index contributed by atoms with van der Waals surface area (Å²) in [6.45, 7) is 11.2. The van der Waals surface area contributed by atoms with Gasteiger partial charge in [-0.1, -0.05) is 105 Å². The van der Waals surface area contributed by atoms with E-state index in [0.717, 1.165) is 125 Å². The summed E-state index contributed by atoms with van der Waals surface area (Å²) in [5.41, 5.74) is 1.14. The first-order valence-electron chi connectivity index (χ1n) is 27.5. The molecule has 0 heterocycles. The molecule has 0 bridgehead atoms. The zero-order valence-electron chi connectivity index (χ0n) is 38.1. The quantitative estimate of drug-likeness (QED) is 0.275. The Morgan fingerprint density at radius 3 is 1.58 bits per heavy atom. The molecule has 0 aromatic rings. The molecule has 20 unspecified atom stereocenters. The highest BCUT2D eigenvalue weighted by atomic mass is 15.2. The highest BCUT2D eigenvalue weighted by Gasteiger charge is 2.63. The summed E-state index contributed by atoms with van der Waals surface area (Å²) in [7, 11) is 0. The van der Waals surface area contributed by atoms with E-state index in [2.05, 4.69) is 32.6 Å². The summed E-state index contributed by atoms with van der Waals surface area (Å²) in [6.07, 6.45) is 46.0. The fraction of sp³-hybridized carbons (Fsp3) is 1.00. The van der Waals surface area contributed by atoms with Gasteiger partial charge in [0.1, 0.15) is 0 Å². The molecule has 0 aliphatic heterocycles. The van der Waals surface area contributed by atoms with Gasteiger partial charge in [0.2, 0.25) is 0 Å². The molecule has 12 saturated carbocycles. The minimum absolute atomic E-state index is 0.571. The summed E-state index contributed by atoms with van der Waals surface area (Å²) in [6, 6.07) is 2.71. The first-order valence-corrected chi connectivity index (χ1v) is 27.5. The standard InChI is InChI=1S/C56H91N/c1-55(2)49-21-12-10-19-45(49)54-50(55)22-13-23-52(54)57(40-25-27-44-43-18-9-11-20-48(43)56(3,4)51(44)33-40)39-24-26-42-38(30-39)32-47-41-17-8-7-16-36(41)31-46(53(42)47)37-28-34-14-5-6-15-35(34)29-37/h34-54H,5-33H2,1-4H3. The van der Waals surface area contributed by atoms with Gasteiger partial charge in [-0.15, -0.1) is 0 Å². The Hall–Kier alpha value is -0.0400. The zero-order chi connectivity index (χ0) is 38.2. The normalized spacial score (nSPS) is 56.1. The Labute approximate surface area is 353 Å². The average Bonchev–Trinajstić information content (AvgIpc) is 3.96. The van der Waals surface area contributed by atoms with Crippen molar-refractivity contribution in [2.45, 2.75) is 232 Å². The lowest BCUT2D eigenvalue weighted by Crippen LogP contribution is -2.58. The van der Waals surface area contributed by atoms with Crippen molar-refractivity contribution in [1.82, 2.24) is 4.90 Å². The van der Waals surface area contributed by atoms with Crippen LogP contribution in [0.2, 0.25) is 0 Å². The third kappa shape index (κ3) is 6.06. The molecule has 57 heavy (non-hydrogen) atoms. The van der Waals surface area contributed by atoms with Crippen molar-refractivity contribution in [3.8, 4) is 0 Å². The Bertz CT molecular complexity index is 1430. The fourth-order valence-corrected chi connectivity index (χ4v) is 22.8. The summed E-state index contributed by atoms with van der Waals surface area (Å²) in [4.78, 5) is 3.58. The van der Waals surface area contributed by atoms with Gasteiger partial charge < -0.3 is 0 Å². The van der Waals surface area contributed by atoms with Gasteiger partial charge in [0, 0.05) is 18.1 Å². The van der Waals surface area contributed by atoms with Crippen molar-refractivity contribution in [1.29, 1.82) is 0 Å². The minimum Gasteiger partial charge on any atom is -0.294 e. The number of hydrogen-bond donors (Lipinski definition) is 0. The molecule has 0 saturated heterocycles. The highest BCUT2D eigenvalue weighted by molar-refractivity contribution is 5.14. The summed E-state index contributed by atoms with van der Waals surface area (Å²) >= 11 is 0. The van der Waals surface area contributed by atoms with Crippen LogP contribution in [0.1, 0.15) is 214 Å². The SMILES string of the molecule is CC1(C)C2CCCCC2C2CCC(N(C3CCC4C(CC5C6CCCCC6CC(C6CC7CCCCC7C6)C45)C3)C3CCCC4C3C3CCCCC3C4(C)C)CC21. The molecule has 0 radical (unpaired) electrons. The summed E-state index contributed by atoms with van der Waals surface area (Å²) in [5.74, 6) is 19.4. The van der Waals surface area contributed by atoms with Gasteiger partial charge in [0.15, 0.2) is 0 Å². The molecule has 12 aliphatic carbocycles. The van der Waals surface area contributed by atoms with Crippen molar-refractivity contribution in [2.75, 3.05) is 0 Å². The van der Waals surface area contributed by atoms with E-state index >= 15 is 0 Å². The van der Waals surface area contributed by atoms with Crippen molar-refractivity contribution in [2.24, 2.45) is 117 Å². The van der Waals surface area contributed by atoms with Gasteiger partial charge in [0.05, 0.1) is 0 Å². The Morgan fingerprint density at radius 2 is 0.825 bits per heavy atom. The molecule has 12 rings (SSSR count). The Balaban J connectivity index is 0.863. The molecule has 320 valence electrons. The van der Waals surface area contributed by atoms with E-state index in [9.17, 15) is 0 Å². The Kier molecular flexibility index (Phi) is 10.0. The van der Waals surface area contributed by atoms with E-state index in [1.54, 1.807) is 161 Å². The smallest absolute Gasteiger partial charge is 0.0135 e. The van der Waals surface area contributed by atoms with E-state index in [0.29, 0.717) is 10.8 Å². The van der Waals surface area contributed by atoms with Crippen LogP contribution >= 0.6 is 0 Å². The maximum Gasteiger partial charge on any atom is 0.0135 e. The molecule has 20 atom stereocenters. The lowest BCUT2D eigenvalue weighted by atomic mass is 9.54. The molecule has 0 aromatic heterocycles. The second-order valence-electron chi connectivity index (χ2n) is 26.6. The molecular weight excluding hydrogens is 687 g/mol. The third-order valence-electron chi connectivity index (χ3n) is 24.6. The molecule has 0 aromatic carbocycles. The molecule has 0 spiro atoms. The molecule has 1 nitrogen and oxygen atoms in total. The van der Waals surface area contributed by atoms with Crippen LogP contribution in [0.4, 0.5) is 0 Å². The number of fused-ring (bicyclic) bond motifs is 12. The predicted molar refractivity (Wildman–Crippen MR) is 237 cm³/mol. The average molecular weight is 778 g/mol. The second-order valence-corrected chi connectivity index (χ2v) is 26.6. The molecular formula is C56H91N. The largest absolute Gasteiger partial charge is 0.294 e. The van der Waals surface area contributed by atoms with Crippen molar-refractivity contribution in [3.63, 3.8) is 0 Å². The van der Waals surface area contributed by atoms with Crippen molar-refractivity contribution < 1.29 is 0 Å². The van der Waals surface area contributed by atoms with Gasteiger partial charge in [-0.3, -0.25) is 4.90 Å². The van der Waals surface area contributed by atoms with Crippen molar-refractivity contribution in [3.05, 3.63) is 0 Å². The molecule has 12 fully saturated rings. The maximum absolute atomic E-state index is 3.58. The second kappa shape index (κ2) is 14.8. The monoisotopic (exact) mass is 778 g/mol. The van der Waals surface area contributed by atoms with Crippen LogP contribution in [0.3, 0.4) is 0 Å². The van der Waals surface area contributed by atoms with Crippen LogP contribution in [0.25, 0.3) is 0 Å². The summed E-state index contributed by atoms with van der Waals surface area (Å²) in [5, 5.41) is 0.